The number of unbranched alkanes of at least 4 members (excludes halogenated alkanes) is 15. The fourth-order valence-electron chi connectivity index (χ4n) is 7.16. The average Bonchev–Trinajstić information content (AvgIpc) is 3.18. The van der Waals surface area contributed by atoms with Crippen molar-refractivity contribution in [2.75, 3.05) is 33.0 Å². The van der Waals surface area contributed by atoms with Gasteiger partial charge in [-0.25, -0.2) is 0 Å². The lowest BCUT2D eigenvalue weighted by atomic mass is 9.97. The third kappa shape index (κ3) is 17.7. The highest BCUT2D eigenvalue weighted by Gasteiger charge is 2.52. The lowest BCUT2D eigenvalue weighted by Crippen LogP contribution is -2.64. The van der Waals surface area contributed by atoms with Crippen molar-refractivity contribution in [3.63, 3.8) is 0 Å². The second-order valence-corrected chi connectivity index (χ2v) is 15.0. The lowest BCUT2D eigenvalue weighted by molar-refractivity contribution is -0.371. The first kappa shape index (κ1) is 45.6. The summed E-state index contributed by atoms with van der Waals surface area (Å²) in [6.07, 6.45) is 20.4. The molecule has 2 aliphatic heterocycles. The number of hydrogen-bond acceptors (Lipinski definition) is 8. The summed E-state index contributed by atoms with van der Waals surface area (Å²) in [4.78, 5) is 3.24. The Hall–Kier alpha value is -1.75. The molecule has 3 rings (SSSR count). The van der Waals surface area contributed by atoms with Crippen LogP contribution in [0.15, 0.2) is 35.4 Å². The van der Waals surface area contributed by atoms with Gasteiger partial charge in [-0.15, -0.1) is 0 Å². The Kier molecular flexibility index (Phi) is 25.4. The summed E-state index contributed by atoms with van der Waals surface area (Å²) in [5, 5.41) is 4.23. The summed E-state index contributed by atoms with van der Waals surface area (Å²) >= 11 is 0. The van der Waals surface area contributed by atoms with E-state index in [9.17, 15) is 5.53 Å². The quantitative estimate of drug-likeness (QED) is 0.0312. The standard InChI is InChI=1S/C43H75N3O7/c1-5-9-13-14-15-16-17-18-19-20-21-22-26-29-37(47-30-10-6-2)36(45-46-44)33-50-43-41(49-32-12-8-4)40(48-31-11-7-3)39-38(52-43)34-51-42(53-39)35-27-24-23-25-28-35/h23-25,27-28,36-43H,5-22,26,29-34H2,1-4H3/t36-,37+,38?,39-,40-,41?,42?,43-/m0/s1. The van der Waals surface area contributed by atoms with Gasteiger partial charge in [0.25, 0.3) is 0 Å². The lowest BCUT2D eigenvalue weighted by Gasteiger charge is -2.49. The molecule has 2 saturated heterocycles. The molecule has 8 atom stereocenters. The van der Waals surface area contributed by atoms with Gasteiger partial charge in [0.1, 0.15) is 24.4 Å². The SMILES string of the molecule is CCCCCCCCCCCCCCC[C@@H](OCCCC)[C@H](CO[C@H]1OC2COC(c3ccccc3)O[C@@H]2[C@H](OCCCC)C1OCCCC)N=[N+]=[N-]. The van der Waals surface area contributed by atoms with E-state index in [0.29, 0.717) is 26.4 Å². The predicted octanol–water partition coefficient (Wildman–Crippen LogP) is 11.6. The first-order chi connectivity index (χ1) is 26.2. The minimum absolute atomic E-state index is 0.158. The van der Waals surface area contributed by atoms with E-state index in [2.05, 4.69) is 37.7 Å². The van der Waals surface area contributed by atoms with Crippen molar-refractivity contribution < 1.29 is 33.2 Å². The van der Waals surface area contributed by atoms with Gasteiger partial charge >= 0.3 is 0 Å². The fraction of sp³-hybridized carbons (Fsp3) is 0.860. The molecule has 2 heterocycles. The molecule has 3 unspecified atom stereocenters. The minimum Gasteiger partial charge on any atom is -0.378 e. The van der Waals surface area contributed by atoms with Crippen LogP contribution in [-0.4, -0.2) is 75.9 Å². The van der Waals surface area contributed by atoms with E-state index in [0.717, 1.165) is 63.4 Å². The summed E-state index contributed by atoms with van der Waals surface area (Å²) in [5.74, 6) is 0. The normalized spacial score (nSPS) is 24.0. The summed E-state index contributed by atoms with van der Waals surface area (Å²) in [6.45, 7) is 11.0. The monoisotopic (exact) mass is 746 g/mol. The number of rotatable bonds is 32. The fourth-order valence-corrected chi connectivity index (χ4v) is 7.16. The summed E-state index contributed by atoms with van der Waals surface area (Å²) in [6, 6.07) is 9.48. The van der Waals surface area contributed by atoms with E-state index in [1.807, 2.05) is 30.3 Å². The van der Waals surface area contributed by atoms with Crippen molar-refractivity contribution in [1.82, 2.24) is 0 Å². The van der Waals surface area contributed by atoms with Gasteiger partial charge in [0.15, 0.2) is 12.6 Å². The number of fused-ring (bicyclic) bond motifs is 1. The molecule has 1 aromatic carbocycles. The van der Waals surface area contributed by atoms with Gasteiger partial charge in [0.2, 0.25) is 0 Å². The highest BCUT2D eigenvalue weighted by atomic mass is 16.8. The number of ether oxygens (including phenoxy) is 7. The molecular formula is C43H75N3O7. The third-order valence-electron chi connectivity index (χ3n) is 10.5. The first-order valence-corrected chi connectivity index (χ1v) is 21.6. The number of benzene rings is 1. The Labute approximate surface area is 322 Å². The highest BCUT2D eigenvalue weighted by molar-refractivity contribution is 5.16. The molecule has 0 aromatic heterocycles. The molecule has 10 nitrogen and oxygen atoms in total. The van der Waals surface area contributed by atoms with Crippen molar-refractivity contribution in [2.45, 2.75) is 205 Å². The molecule has 0 aliphatic carbocycles. The van der Waals surface area contributed by atoms with E-state index < -0.39 is 43.0 Å². The zero-order valence-electron chi connectivity index (χ0n) is 33.9. The molecule has 0 radical (unpaired) electrons. The molecule has 0 spiro atoms. The summed E-state index contributed by atoms with van der Waals surface area (Å²) in [7, 11) is 0. The van der Waals surface area contributed by atoms with Crippen LogP contribution in [0, 0.1) is 0 Å². The van der Waals surface area contributed by atoms with Crippen LogP contribution in [0.1, 0.15) is 168 Å². The Balaban J connectivity index is 1.61. The van der Waals surface area contributed by atoms with Crippen LogP contribution in [0.25, 0.3) is 10.4 Å². The van der Waals surface area contributed by atoms with Crippen molar-refractivity contribution in [3.8, 4) is 0 Å². The van der Waals surface area contributed by atoms with E-state index in [1.54, 1.807) is 0 Å². The zero-order chi connectivity index (χ0) is 37.8. The van der Waals surface area contributed by atoms with Gasteiger partial charge in [0, 0.05) is 30.3 Å². The van der Waals surface area contributed by atoms with Crippen molar-refractivity contribution in [2.24, 2.45) is 5.11 Å². The van der Waals surface area contributed by atoms with Crippen molar-refractivity contribution in [3.05, 3.63) is 46.3 Å². The Morgan fingerprint density at radius 2 is 1.25 bits per heavy atom. The van der Waals surface area contributed by atoms with Crippen LogP contribution < -0.4 is 0 Å². The van der Waals surface area contributed by atoms with E-state index in [-0.39, 0.29) is 12.7 Å². The first-order valence-electron chi connectivity index (χ1n) is 21.6. The Morgan fingerprint density at radius 1 is 0.679 bits per heavy atom. The molecule has 10 heteroatoms. The third-order valence-corrected chi connectivity index (χ3v) is 10.5. The molecule has 53 heavy (non-hydrogen) atoms. The van der Waals surface area contributed by atoms with Crippen LogP contribution in [0.2, 0.25) is 0 Å². The number of hydrogen-bond donors (Lipinski definition) is 0. The predicted molar refractivity (Wildman–Crippen MR) is 212 cm³/mol. The molecule has 0 bridgehead atoms. The average molecular weight is 746 g/mol. The molecule has 2 aliphatic rings. The van der Waals surface area contributed by atoms with Crippen LogP contribution in [0.4, 0.5) is 0 Å². The molecule has 1 aromatic rings. The Bertz CT molecular complexity index is 1060. The van der Waals surface area contributed by atoms with Crippen LogP contribution in [-0.2, 0) is 33.2 Å². The molecule has 0 amide bonds. The van der Waals surface area contributed by atoms with E-state index in [4.69, 9.17) is 33.2 Å². The van der Waals surface area contributed by atoms with Gasteiger partial charge in [-0.1, -0.05) is 166 Å². The van der Waals surface area contributed by atoms with Crippen LogP contribution >= 0.6 is 0 Å². The second-order valence-electron chi connectivity index (χ2n) is 15.0. The van der Waals surface area contributed by atoms with Crippen LogP contribution in [0.3, 0.4) is 0 Å². The highest BCUT2D eigenvalue weighted by Crippen LogP contribution is 2.37. The minimum atomic E-state index is -0.746. The number of azide groups is 1. The topological polar surface area (TPSA) is 113 Å². The largest absolute Gasteiger partial charge is 0.378 e. The van der Waals surface area contributed by atoms with Crippen LogP contribution in [0.5, 0.6) is 0 Å². The smallest absolute Gasteiger partial charge is 0.186 e. The summed E-state index contributed by atoms with van der Waals surface area (Å²) < 4.78 is 45.4. The molecule has 0 N–H and O–H groups in total. The van der Waals surface area contributed by atoms with Gasteiger partial charge in [-0.3, -0.25) is 0 Å². The molecule has 304 valence electrons. The maximum absolute atomic E-state index is 9.65. The van der Waals surface area contributed by atoms with E-state index in [1.165, 1.54) is 70.6 Å². The van der Waals surface area contributed by atoms with Gasteiger partial charge in [0.05, 0.1) is 25.4 Å². The molecule has 2 fully saturated rings. The zero-order valence-corrected chi connectivity index (χ0v) is 33.9. The van der Waals surface area contributed by atoms with Crippen molar-refractivity contribution >= 4 is 0 Å². The Morgan fingerprint density at radius 3 is 1.85 bits per heavy atom. The van der Waals surface area contributed by atoms with Gasteiger partial charge < -0.3 is 33.2 Å². The maximum Gasteiger partial charge on any atom is 0.186 e. The van der Waals surface area contributed by atoms with Gasteiger partial charge in [-0.2, -0.15) is 0 Å². The second kappa shape index (κ2) is 29.5. The summed E-state index contributed by atoms with van der Waals surface area (Å²) in [5.41, 5.74) is 10.6. The van der Waals surface area contributed by atoms with Gasteiger partial charge in [-0.05, 0) is 31.2 Å². The molecular weight excluding hydrogens is 670 g/mol. The maximum atomic E-state index is 9.65. The van der Waals surface area contributed by atoms with E-state index >= 15 is 0 Å². The van der Waals surface area contributed by atoms with Crippen molar-refractivity contribution in [1.29, 1.82) is 0 Å². The molecule has 0 saturated carbocycles. The number of nitrogens with zero attached hydrogens (tertiary/aromatic N) is 3.